The third kappa shape index (κ3) is 4.31. The van der Waals surface area contributed by atoms with E-state index in [-0.39, 0.29) is 0 Å². The van der Waals surface area contributed by atoms with E-state index in [0.717, 1.165) is 12.5 Å². The van der Waals surface area contributed by atoms with Gasteiger partial charge in [-0.15, -0.1) is 0 Å². The van der Waals surface area contributed by atoms with Crippen LogP contribution in [0.3, 0.4) is 0 Å². The van der Waals surface area contributed by atoms with E-state index in [1.165, 1.54) is 44.1 Å². The fourth-order valence-electron chi connectivity index (χ4n) is 3.41. The highest BCUT2D eigenvalue weighted by Gasteiger charge is 2.23. The monoisotopic (exact) mass is 260 g/mol. The molecule has 2 nitrogen and oxygen atoms in total. The molecule has 2 unspecified atom stereocenters. The van der Waals surface area contributed by atoms with E-state index >= 15 is 0 Å². The number of pyridine rings is 1. The highest BCUT2D eigenvalue weighted by Crippen LogP contribution is 2.31. The molecule has 2 rings (SSSR count). The first kappa shape index (κ1) is 14.5. The van der Waals surface area contributed by atoms with Crippen molar-refractivity contribution in [2.24, 2.45) is 5.92 Å². The van der Waals surface area contributed by atoms with Crippen LogP contribution in [0, 0.1) is 5.92 Å². The summed E-state index contributed by atoms with van der Waals surface area (Å²) in [6.07, 6.45) is 12.3. The summed E-state index contributed by atoms with van der Waals surface area (Å²) in [5.74, 6) is 1.51. The van der Waals surface area contributed by atoms with E-state index in [9.17, 15) is 0 Å². The van der Waals surface area contributed by atoms with Gasteiger partial charge >= 0.3 is 0 Å². The van der Waals surface area contributed by atoms with E-state index in [2.05, 4.69) is 36.3 Å². The number of nitrogens with one attached hydrogen (secondary N) is 1. The second kappa shape index (κ2) is 7.64. The SMILES string of the molecule is CCNC(CC1CCCCC1)C(C)c1ccncc1. The molecule has 0 spiro atoms. The Labute approximate surface area is 118 Å². The van der Waals surface area contributed by atoms with Crippen LogP contribution in [-0.2, 0) is 0 Å². The molecule has 1 heterocycles. The summed E-state index contributed by atoms with van der Waals surface area (Å²) in [5, 5.41) is 3.71. The topological polar surface area (TPSA) is 24.9 Å². The van der Waals surface area contributed by atoms with Crippen molar-refractivity contribution in [3.63, 3.8) is 0 Å². The Morgan fingerprint density at radius 2 is 1.89 bits per heavy atom. The van der Waals surface area contributed by atoms with E-state index in [4.69, 9.17) is 0 Å². The molecular formula is C17H28N2. The van der Waals surface area contributed by atoms with Gasteiger partial charge in [0.05, 0.1) is 0 Å². The number of aromatic nitrogens is 1. The summed E-state index contributed by atoms with van der Waals surface area (Å²) in [6, 6.07) is 4.93. The summed E-state index contributed by atoms with van der Waals surface area (Å²) in [7, 11) is 0. The number of rotatable bonds is 6. The standard InChI is InChI=1S/C17H28N2/c1-3-19-17(13-15-7-5-4-6-8-15)14(2)16-9-11-18-12-10-16/h9-12,14-15,17,19H,3-8,13H2,1-2H3. The number of likely N-dealkylation sites (N-methyl/N-ethyl adjacent to an activating group) is 1. The third-order valence-electron chi connectivity index (χ3n) is 4.61. The molecule has 1 aliphatic rings. The Morgan fingerprint density at radius 1 is 1.21 bits per heavy atom. The molecule has 0 saturated heterocycles. The molecule has 0 amide bonds. The summed E-state index contributed by atoms with van der Waals surface area (Å²) < 4.78 is 0. The van der Waals surface area contributed by atoms with Gasteiger partial charge in [0.1, 0.15) is 0 Å². The van der Waals surface area contributed by atoms with Crippen molar-refractivity contribution in [1.29, 1.82) is 0 Å². The minimum atomic E-state index is 0.574. The van der Waals surface area contributed by atoms with Crippen LogP contribution in [0.4, 0.5) is 0 Å². The molecular weight excluding hydrogens is 232 g/mol. The largest absolute Gasteiger partial charge is 0.314 e. The van der Waals surface area contributed by atoms with Gasteiger partial charge in [-0.25, -0.2) is 0 Å². The van der Waals surface area contributed by atoms with Crippen LogP contribution in [0.1, 0.15) is 63.9 Å². The highest BCUT2D eigenvalue weighted by atomic mass is 14.9. The molecule has 1 saturated carbocycles. The summed E-state index contributed by atoms with van der Waals surface area (Å²) in [6.45, 7) is 5.63. The molecule has 106 valence electrons. The van der Waals surface area contributed by atoms with E-state index in [1.807, 2.05) is 12.4 Å². The number of hydrogen-bond donors (Lipinski definition) is 1. The quantitative estimate of drug-likeness (QED) is 0.831. The second-order valence-corrected chi connectivity index (χ2v) is 5.97. The highest BCUT2D eigenvalue weighted by molar-refractivity contribution is 5.17. The smallest absolute Gasteiger partial charge is 0.0270 e. The Morgan fingerprint density at radius 3 is 2.53 bits per heavy atom. The molecule has 0 aliphatic heterocycles. The van der Waals surface area contributed by atoms with Gasteiger partial charge in [-0.05, 0) is 42.5 Å². The van der Waals surface area contributed by atoms with Crippen LogP contribution >= 0.6 is 0 Å². The van der Waals surface area contributed by atoms with Crippen molar-refractivity contribution in [2.45, 2.75) is 64.3 Å². The lowest BCUT2D eigenvalue weighted by Gasteiger charge is -2.31. The summed E-state index contributed by atoms with van der Waals surface area (Å²) >= 11 is 0. The van der Waals surface area contributed by atoms with Crippen molar-refractivity contribution >= 4 is 0 Å². The second-order valence-electron chi connectivity index (χ2n) is 5.97. The predicted molar refractivity (Wildman–Crippen MR) is 81.3 cm³/mol. The first-order valence-electron chi connectivity index (χ1n) is 7.94. The van der Waals surface area contributed by atoms with E-state index in [1.54, 1.807) is 0 Å². The number of nitrogens with zero attached hydrogens (tertiary/aromatic N) is 1. The molecule has 1 aromatic rings. The van der Waals surface area contributed by atoms with Crippen LogP contribution in [0.5, 0.6) is 0 Å². The maximum atomic E-state index is 4.13. The van der Waals surface area contributed by atoms with E-state index in [0.29, 0.717) is 12.0 Å². The lowest BCUT2D eigenvalue weighted by atomic mass is 9.80. The van der Waals surface area contributed by atoms with Gasteiger partial charge < -0.3 is 5.32 Å². The van der Waals surface area contributed by atoms with Gasteiger partial charge in [-0.1, -0.05) is 46.0 Å². The molecule has 19 heavy (non-hydrogen) atoms. The first-order chi connectivity index (χ1) is 9.31. The maximum absolute atomic E-state index is 4.13. The molecule has 0 aromatic carbocycles. The Kier molecular flexibility index (Phi) is 5.84. The van der Waals surface area contributed by atoms with Crippen molar-refractivity contribution < 1.29 is 0 Å². The molecule has 1 fully saturated rings. The van der Waals surface area contributed by atoms with Gasteiger partial charge in [0.2, 0.25) is 0 Å². The average Bonchev–Trinajstić information content (AvgIpc) is 2.48. The van der Waals surface area contributed by atoms with Crippen molar-refractivity contribution in [2.75, 3.05) is 6.54 Å². The fourth-order valence-corrected chi connectivity index (χ4v) is 3.41. The lowest BCUT2D eigenvalue weighted by molar-refractivity contribution is 0.284. The lowest BCUT2D eigenvalue weighted by Crippen LogP contribution is -2.36. The third-order valence-corrected chi connectivity index (χ3v) is 4.61. The maximum Gasteiger partial charge on any atom is 0.0270 e. The van der Waals surface area contributed by atoms with Crippen LogP contribution in [0.15, 0.2) is 24.5 Å². The average molecular weight is 260 g/mol. The normalized spacial score (nSPS) is 20.1. The van der Waals surface area contributed by atoms with Crippen LogP contribution in [0.25, 0.3) is 0 Å². The zero-order valence-corrected chi connectivity index (χ0v) is 12.4. The van der Waals surface area contributed by atoms with Gasteiger partial charge in [-0.3, -0.25) is 4.98 Å². The van der Waals surface area contributed by atoms with Crippen molar-refractivity contribution in [3.8, 4) is 0 Å². The summed E-state index contributed by atoms with van der Waals surface area (Å²) in [4.78, 5) is 4.13. The van der Waals surface area contributed by atoms with Crippen molar-refractivity contribution in [1.82, 2.24) is 10.3 Å². The Hall–Kier alpha value is -0.890. The molecule has 2 atom stereocenters. The molecule has 1 aromatic heterocycles. The van der Waals surface area contributed by atoms with Gasteiger partial charge in [0.15, 0.2) is 0 Å². The van der Waals surface area contributed by atoms with Gasteiger partial charge in [0.25, 0.3) is 0 Å². The zero-order chi connectivity index (χ0) is 13.5. The van der Waals surface area contributed by atoms with Gasteiger partial charge in [0, 0.05) is 18.4 Å². The fraction of sp³-hybridized carbons (Fsp3) is 0.706. The number of hydrogen-bond acceptors (Lipinski definition) is 2. The minimum absolute atomic E-state index is 0.574. The minimum Gasteiger partial charge on any atom is -0.314 e. The molecule has 0 radical (unpaired) electrons. The Balaban J connectivity index is 1.97. The zero-order valence-electron chi connectivity index (χ0n) is 12.4. The molecule has 0 bridgehead atoms. The first-order valence-corrected chi connectivity index (χ1v) is 7.94. The van der Waals surface area contributed by atoms with Crippen LogP contribution < -0.4 is 5.32 Å². The van der Waals surface area contributed by atoms with E-state index < -0.39 is 0 Å². The molecule has 1 aliphatic carbocycles. The van der Waals surface area contributed by atoms with Crippen LogP contribution in [-0.4, -0.2) is 17.6 Å². The van der Waals surface area contributed by atoms with Gasteiger partial charge in [-0.2, -0.15) is 0 Å². The molecule has 2 heteroatoms. The summed E-state index contributed by atoms with van der Waals surface area (Å²) in [5.41, 5.74) is 1.41. The van der Waals surface area contributed by atoms with Crippen LogP contribution in [0.2, 0.25) is 0 Å². The molecule has 1 N–H and O–H groups in total. The predicted octanol–water partition coefficient (Wildman–Crippen LogP) is 4.13. The van der Waals surface area contributed by atoms with Crippen molar-refractivity contribution in [3.05, 3.63) is 30.1 Å². The Bertz CT molecular complexity index is 344.